The Labute approximate surface area is 78.0 Å². The van der Waals surface area contributed by atoms with Crippen LogP contribution >= 0.6 is 0 Å². The van der Waals surface area contributed by atoms with E-state index in [-0.39, 0.29) is 24.3 Å². The fourth-order valence-electron chi connectivity index (χ4n) is 1.90. The molecule has 0 aromatic rings. The largest absolute Gasteiger partial charge is 0.388 e. The van der Waals surface area contributed by atoms with Gasteiger partial charge in [-0.25, -0.2) is 0 Å². The van der Waals surface area contributed by atoms with Crippen molar-refractivity contribution < 1.29 is 14.6 Å². The van der Waals surface area contributed by atoms with Gasteiger partial charge in [0.1, 0.15) is 18.3 Å². The van der Waals surface area contributed by atoms with Crippen molar-refractivity contribution in [1.29, 1.82) is 0 Å². The zero-order valence-electron chi connectivity index (χ0n) is 8.01. The molecule has 0 aliphatic heterocycles. The molecule has 1 aliphatic carbocycles. The summed E-state index contributed by atoms with van der Waals surface area (Å²) in [5.41, 5.74) is 11.5. The summed E-state index contributed by atoms with van der Waals surface area (Å²) >= 11 is 0. The molecule has 0 bridgehead atoms. The Morgan fingerprint density at radius 3 is 1.77 bits per heavy atom. The zero-order chi connectivity index (χ0) is 10.0. The molecule has 5 nitrogen and oxygen atoms in total. The van der Waals surface area contributed by atoms with E-state index in [2.05, 4.69) is 0 Å². The van der Waals surface area contributed by atoms with Crippen LogP contribution in [0.5, 0.6) is 0 Å². The first kappa shape index (κ1) is 10.9. The SMILES string of the molecule is COC1C(O)[C@H](OC)[C@@H](N)C[C@H]1N. The highest BCUT2D eigenvalue weighted by molar-refractivity contribution is 4.98. The molecular weight excluding hydrogens is 172 g/mol. The van der Waals surface area contributed by atoms with E-state index in [1.54, 1.807) is 0 Å². The number of hydrogen-bond acceptors (Lipinski definition) is 5. The second-order valence-electron chi connectivity index (χ2n) is 3.45. The van der Waals surface area contributed by atoms with E-state index in [1.165, 1.54) is 14.2 Å². The maximum absolute atomic E-state index is 9.76. The van der Waals surface area contributed by atoms with Crippen molar-refractivity contribution >= 4 is 0 Å². The summed E-state index contributed by atoms with van der Waals surface area (Å²) < 4.78 is 10.2. The van der Waals surface area contributed by atoms with Crippen LogP contribution in [0.15, 0.2) is 0 Å². The van der Waals surface area contributed by atoms with Gasteiger partial charge in [-0.1, -0.05) is 0 Å². The van der Waals surface area contributed by atoms with Gasteiger partial charge in [0.15, 0.2) is 0 Å². The van der Waals surface area contributed by atoms with Crippen LogP contribution in [0.25, 0.3) is 0 Å². The Morgan fingerprint density at radius 1 is 1.08 bits per heavy atom. The molecule has 5 atom stereocenters. The van der Waals surface area contributed by atoms with Gasteiger partial charge < -0.3 is 26.0 Å². The van der Waals surface area contributed by atoms with Crippen molar-refractivity contribution in [3.05, 3.63) is 0 Å². The molecule has 1 aliphatic rings. The van der Waals surface area contributed by atoms with Crippen molar-refractivity contribution in [2.75, 3.05) is 14.2 Å². The van der Waals surface area contributed by atoms with Crippen LogP contribution in [0, 0.1) is 0 Å². The third kappa shape index (κ3) is 2.00. The summed E-state index contributed by atoms with van der Waals surface area (Å²) in [7, 11) is 3.05. The Bertz CT molecular complexity index is 151. The number of ether oxygens (including phenoxy) is 2. The van der Waals surface area contributed by atoms with Crippen LogP contribution in [-0.2, 0) is 9.47 Å². The van der Waals surface area contributed by atoms with Gasteiger partial charge in [0.2, 0.25) is 0 Å². The van der Waals surface area contributed by atoms with Gasteiger partial charge in [-0.2, -0.15) is 0 Å². The van der Waals surface area contributed by atoms with E-state index in [0.29, 0.717) is 6.42 Å². The molecule has 1 fully saturated rings. The Morgan fingerprint density at radius 2 is 1.46 bits per heavy atom. The molecule has 0 saturated heterocycles. The molecule has 0 radical (unpaired) electrons. The highest BCUT2D eigenvalue weighted by Gasteiger charge is 2.41. The zero-order valence-corrected chi connectivity index (χ0v) is 8.01. The van der Waals surface area contributed by atoms with Crippen LogP contribution in [0.4, 0.5) is 0 Å². The summed E-state index contributed by atoms with van der Waals surface area (Å²) in [6.07, 6.45) is -0.906. The second kappa shape index (κ2) is 4.34. The standard InChI is InChI=1S/C8H18N2O3/c1-12-7-4(9)3-5(10)8(13-2)6(7)11/h4-8,11H,3,9-10H2,1-2H3/t4-,5+,6?,7+,8?/m0/s1. The molecule has 0 amide bonds. The molecule has 1 saturated carbocycles. The minimum Gasteiger partial charge on any atom is -0.388 e. The average molecular weight is 190 g/mol. The first-order valence-electron chi connectivity index (χ1n) is 4.36. The van der Waals surface area contributed by atoms with E-state index in [9.17, 15) is 5.11 Å². The van der Waals surface area contributed by atoms with E-state index in [0.717, 1.165) is 0 Å². The lowest BCUT2D eigenvalue weighted by atomic mass is 9.84. The number of rotatable bonds is 2. The predicted molar refractivity (Wildman–Crippen MR) is 48.2 cm³/mol. The van der Waals surface area contributed by atoms with Crippen LogP contribution in [-0.4, -0.2) is 49.7 Å². The average Bonchev–Trinajstić information content (AvgIpc) is 2.04. The van der Waals surface area contributed by atoms with E-state index >= 15 is 0 Å². The Hall–Kier alpha value is -0.200. The minimum atomic E-state index is -0.742. The van der Waals surface area contributed by atoms with Gasteiger partial charge in [-0.05, 0) is 6.42 Å². The van der Waals surface area contributed by atoms with Gasteiger partial charge in [0, 0.05) is 26.3 Å². The van der Waals surface area contributed by atoms with Crippen molar-refractivity contribution in [1.82, 2.24) is 0 Å². The predicted octanol–water partition coefficient (Wildman–Crippen LogP) is -1.56. The number of hydrogen-bond donors (Lipinski definition) is 3. The summed E-state index contributed by atoms with van der Waals surface area (Å²) in [6.45, 7) is 0. The Kier molecular flexibility index (Phi) is 3.63. The maximum Gasteiger partial charge on any atom is 0.109 e. The number of methoxy groups -OCH3 is 2. The van der Waals surface area contributed by atoms with Crippen molar-refractivity contribution in [3.8, 4) is 0 Å². The quantitative estimate of drug-likeness (QED) is 0.489. The summed E-state index contributed by atoms with van der Waals surface area (Å²) in [6, 6.07) is -0.442. The molecule has 1 rings (SSSR count). The summed E-state index contributed by atoms with van der Waals surface area (Å²) in [5.74, 6) is 0. The first-order chi connectivity index (χ1) is 6.11. The van der Waals surface area contributed by atoms with Crippen molar-refractivity contribution in [3.63, 3.8) is 0 Å². The topological polar surface area (TPSA) is 90.7 Å². The van der Waals surface area contributed by atoms with Gasteiger partial charge in [0.25, 0.3) is 0 Å². The minimum absolute atomic E-state index is 0.221. The van der Waals surface area contributed by atoms with Crippen LogP contribution < -0.4 is 11.5 Å². The van der Waals surface area contributed by atoms with Crippen LogP contribution in [0.3, 0.4) is 0 Å². The fourth-order valence-corrected chi connectivity index (χ4v) is 1.90. The lowest BCUT2D eigenvalue weighted by molar-refractivity contribution is -0.126. The third-order valence-electron chi connectivity index (χ3n) is 2.61. The molecule has 5 heteroatoms. The van der Waals surface area contributed by atoms with Gasteiger partial charge in [-0.15, -0.1) is 0 Å². The number of aliphatic hydroxyl groups excluding tert-OH is 1. The van der Waals surface area contributed by atoms with E-state index < -0.39 is 6.10 Å². The van der Waals surface area contributed by atoms with Crippen molar-refractivity contribution in [2.24, 2.45) is 11.5 Å². The molecule has 0 aromatic carbocycles. The number of aliphatic hydroxyl groups is 1. The van der Waals surface area contributed by atoms with Gasteiger partial charge in [-0.3, -0.25) is 0 Å². The van der Waals surface area contributed by atoms with Crippen molar-refractivity contribution in [2.45, 2.75) is 36.8 Å². The molecule has 0 aromatic heterocycles. The number of nitrogens with two attached hydrogens (primary N) is 2. The lowest BCUT2D eigenvalue weighted by Gasteiger charge is -2.40. The summed E-state index contributed by atoms with van der Waals surface area (Å²) in [5, 5.41) is 9.76. The molecule has 0 spiro atoms. The first-order valence-corrected chi connectivity index (χ1v) is 4.36. The second-order valence-corrected chi connectivity index (χ2v) is 3.45. The fraction of sp³-hybridized carbons (Fsp3) is 1.00. The van der Waals surface area contributed by atoms with E-state index in [4.69, 9.17) is 20.9 Å². The molecule has 2 unspecified atom stereocenters. The smallest absolute Gasteiger partial charge is 0.109 e. The third-order valence-corrected chi connectivity index (χ3v) is 2.61. The highest BCUT2D eigenvalue weighted by atomic mass is 16.5. The Balaban J connectivity index is 2.69. The molecular formula is C8H18N2O3. The van der Waals surface area contributed by atoms with E-state index in [1.807, 2.05) is 0 Å². The van der Waals surface area contributed by atoms with Crippen LogP contribution in [0.1, 0.15) is 6.42 Å². The van der Waals surface area contributed by atoms with Gasteiger partial charge >= 0.3 is 0 Å². The molecule has 5 N–H and O–H groups in total. The molecule has 13 heavy (non-hydrogen) atoms. The monoisotopic (exact) mass is 190 g/mol. The van der Waals surface area contributed by atoms with Crippen LogP contribution in [0.2, 0.25) is 0 Å². The highest BCUT2D eigenvalue weighted by Crippen LogP contribution is 2.21. The lowest BCUT2D eigenvalue weighted by Crippen LogP contribution is -2.62. The molecule has 78 valence electrons. The summed E-state index contributed by atoms with van der Waals surface area (Å²) in [4.78, 5) is 0. The molecule has 0 heterocycles. The normalized spacial score (nSPS) is 46.4. The van der Waals surface area contributed by atoms with Gasteiger partial charge in [0.05, 0.1) is 0 Å². The maximum atomic E-state index is 9.76.